The first kappa shape index (κ1) is 12.7. The highest BCUT2D eigenvalue weighted by molar-refractivity contribution is 7.88. The van der Waals surface area contributed by atoms with Crippen LogP contribution in [0.25, 0.3) is 0 Å². The van der Waals surface area contributed by atoms with Gasteiger partial charge in [0.15, 0.2) is 0 Å². The van der Waals surface area contributed by atoms with Gasteiger partial charge in [0.2, 0.25) is 5.09 Å². The van der Waals surface area contributed by atoms with E-state index in [4.69, 9.17) is 4.42 Å². The predicted molar refractivity (Wildman–Crippen MR) is 67.1 cm³/mol. The van der Waals surface area contributed by atoms with Crippen LogP contribution in [0.4, 0.5) is 0 Å². The van der Waals surface area contributed by atoms with Crippen molar-refractivity contribution in [1.29, 1.82) is 0 Å². The molecule has 1 N–H and O–H groups in total. The van der Waals surface area contributed by atoms with Crippen molar-refractivity contribution in [2.75, 3.05) is 19.5 Å². The van der Waals surface area contributed by atoms with E-state index in [1.165, 1.54) is 20.2 Å². The van der Waals surface area contributed by atoms with Gasteiger partial charge in [0.05, 0.1) is 6.54 Å². The van der Waals surface area contributed by atoms with E-state index in [0.717, 1.165) is 4.31 Å². The van der Waals surface area contributed by atoms with Gasteiger partial charge in [0.1, 0.15) is 5.76 Å². The second kappa shape index (κ2) is 4.87. The summed E-state index contributed by atoms with van der Waals surface area (Å²) in [6.07, 6.45) is 3.70. The summed E-state index contributed by atoms with van der Waals surface area (Å²) in [7, 11) is -0.560. The maximum atomic E-state index is 11.8. The molecule has 0 aromatic carbocycles. The van der Waals surface area contributed by atoms with Gasteiger partial charge < -0.3 is 9.84 Å². The second-order valence-electron chi connectivity index (χ2n) is 3.93. The van der Waals surface area contributed by atoms with Gasteiger partial charge in [0.25, 0.3) is 10.0 Å². The standard InChI is InChI=1S/C11H15N3O3S/c1-13(2)18(15,16)11-6-5-10(17-11)9-12-14-7-3-4-8-14/h3-8,12H,9H2,1-2H3. The van der Waals surface area contributed by atoms with E-state index < -0.39 is 10.0 Å². The molecule has 0 atom stereocenters. The van der Waals surface area contributed by atoms with Crippen LogP contribution in [0.15, 0.2) is 46.2 Å². The quantitative estimate of drug-likeness (QED) is 0.882. The van der Waals surface area contributed by atoms with Gasteiger partial charge in [-0.15, -0.1) is 0 Å². The number of nitrogens with zero attached hydrogens (tertiary/aromatic N) is 2. The molecular formula is C11H15N3O3S. The SMILES string of the molecule is CN(C)S(=O)(=O)c1ccc(CNn2cccc2)o1. The van der Waals surface area contributed by atoms with E-state index >= 15 is 0 Å². The van der Waals surface area contributed by atoms with Gasteiger partial charge in [-0.25, -0.2) is 12.7 Å². The Labute approximate surface area is 106 Å². The Morgan fingerprint density at radius 1 is 1.28 bits per heavy atom. The highest BCUT2D eigenvalue weighted by Gasteiger charge is 2.21. The summed E-state index contributed by atoms with van der Waals surface area (Å²) in [4.78, 5) is 0. The lowest BCUT2D eigenvalue weighted by molar-refractivity contribution is 0.400. The fraction of sp³-hybridized carbons (Fsp3) is 0.273. The first-order valence-corrected chi connectivity index (χ1v) is 6.82. The molecule has 0 amide bonds. The lowest BCUT2D eigenvalue weighted by atomic mass is 10.5. The van der Waals surface area contributed by atoms with Gasteiger partial charge in [-0.2, -0.15) is 0 Å². The minimum Gasteiger partial charge on any atom is -0.446 e. The van der Waals surface area contributed by atoms with Crippen molar-refractivity contribution in [1.82, 2.24) is 8.98 Å². The number of aromatic nitrogens is 1. The van der Waals surface area contributed by atoms with Crippen molar-refractivity contribution in [3.63, 3.8) is 0 Å². The molecule has 0 unspecified atom stereocenters. The number of hydrogen-bond acceptors (Lipinski definition) is 4. The number of sulfonamides is 1. The van der Waals surface area contributed by atoms with Crippen LogP contribution in [0, 0.1) is 0 Å². The van der Waals surface area contributed by atoms with Crippen LogP contribution in [0.3, 0.4) is 0 Å². The van der Waals surface area contributed by atoms with Gasteiger partial charge in [-0.3, -0.25) is 4.68 Å². The van der Waals surface area contributed by atoms with Crippen LogP contribution in [-0.4, -0.2) is 31.5 Å². The van der Waals surface area contributed by atoms with E-state index in [2.05, 4.69) is 5.43 Å². The van der Waals surface area contributed by atoms with Crippen molar-refractivity contribution in [3.05, 3.63) is 42.4 Å². The van der Waals surface area contributed by atoms with Crippen molar-refractivity contribution in [3.8, 4) is 0 Å². The van der Waals surface area contributed by atoms with Gasteiger partial charge in [-0.1, -0.05) is 0 Å². The molecule has 0 spiro atoms. The molecule has 18 heavy (non-hydrogen) atoms. The summed E-state index contributed by atoms with van der Waals surface area (Å²) >= 11 is 0. The first-order chi connectivity index (χ1) is 8.50. The molecule has 0 aliphatic carbocycles. The lowest BCUT2D eigenvalue weighted by Crippen LogP contribution is -2.21. The van der Waals surface area contributed by atoms with E-state index in [-0.39, 0.29) is 5.09 Å². The summed E-state index contributed by atoms with van der Waals surface area (Å²) in [6.45, 7) is 0.414. The largest absolute Gasteiger partial charge is 0.446 e. The molecule has 0 bridgehead atoms. The van der Waals surface area contributed by atoms with Crippen molar-refractivity contribution >= 4 is 10.0 Å². The molecule has 2 aromatic rings. The Morgan fingerprint density at radius 3 is 2.56 bits per heavy atom. The van der Waals surface area contributed by atoms with Crippen LogP contribution in [0.1, 0.15) is 5.76 Å². The van der Waals surface area contributed by atoms with Crippen LogP contribution in [-0.2, 0) is 16.6 Å². The molecular weight excluding hydrogens is 254 g/mol. The van der Waals surface area contributed by atoms with Crippen LogP contribution < -0.4 is 5.43 Å². The molecule has 2 heterocycles. The average Bonchev–Trinajstić information content (AvgIpc) is 2.97. The predicted octanol–water partition coefficient (Wildman–Crippen LogP) is 1.08. The third kappa shape index (κ3) is 2.57. The van der Waals surface area contributed by atoms with E-state index in [0.29, 0.717) is 12.3 Å². The molecule has 98 valence electrons. The fourth-order valence-corrected chi connectivity index (χ4v) is 2.19. The summed E-state index contributed by atoms with van der Waals surface area (Å²) in [5.41, 5.74) is 3.05. The first-order valence-electron chi connectivity index (χ1n) is 5.38. The van der Waals surface area contributed by atoms with E-state index in [1.54, 1.807) is 10.7 Å². The van der Waals surface area contributed by atoms with Gasteiger partial charge >= 0.3 is 0 Å². The highest BCUT2D eigenvalue weighted by atomic mass is 32.2. The summed E-state index contributed by atoms with van der Waals surface area (Å²) in [5, 5.41) is -0.0446. The maximum Gasteiger partial charge on any atom is 0.275 e. The van der Waals surface area contributed by atoms with Crippen molar-refractivity contribution in [2.45, 2.75) is 11.6 Å². The molecule has 0 saturated heterocycles. The topological polar surface area (TPSA) is 67.5 Å². The van der Waals surface area contributed by atoms with Crippen LogP contribution in [0.5, 0.6) is 0 Å². The zero-order valence-electron chi connectivity index (χ0n) is 10.2. The average molecular weight is 269 g/mol. The molecule has 0 aliphatic rings. The molecule has 6 nitrogen and oxygen atoms in total. The number of hydrogen-bond donors (Lipinski definition) is 1. The third-order valence-corrected chi connectivity index (χ3v) is 4.10. The Bertz CT molecular complexity index is 599. The smallest absolute Gasteiger partial charge is 0.275 e. The second-order valence-corrected chi connectivity index (χ2v) is 6.02. The van der Waals surface area contributed by atoms with Crippen LogP contribution >= 0.6 is 0 Å². The summed E-state index contributed by atoms with van der Waals surface area (Å²) < 4.78 is 31.8. The normalized spacial score (nSPS) is 11.9. The number of furan rings is 1. The molecule has 0 radical (unpaired) electrons. The zero-order chi connectivity index (χ0) is 13.2. The maximum absolute atomic E-state index is 11.8. The third-order valence-electron chi connectivity index (χ3n) is 2.41. The van der Waals surface area contributed by atoms with E-state index in [1.807, 2.05) is 24.5 Å². The minimum atomic E-state index is -3.50. The van der Waals surface area contributed by atoms with E-state index in [9.17, 15) is 8.42 Å². The monoisotopic (exact) mass is 269 g/mol. The van der Waals surface area contributed by atoms with Crippen molar-refractivity contribution < 1.29 is 12.8 Å². The number of rotatable bonds is 5. The molecule has 0 fully saturated rings. The van der Waals surface area contributed by atoms with Gasteiger partial charge in [-0.05, 0) is 24.3 Å². The lowest BCUT2D eigenvalue weighted by Gasteiger charge is -2.08. The fourth-order valence-electron chi connectivity index (χ4n) is 1.38. The van der Waals surface area contributed by atoms with Gasteiger partial charge in [0, 0.05) is 26.5 Å². The molecule has 7 heteroatoms. The highest BCUT2D eigenvalue weighted by Crippen LogP contribution is 2.16. The van der Waals surface area contributed by atoms with Crippen molar-refractivity contribution in [2.24, 2.45) is 0 Å². The summed E-state index contributed by atoms with van der Waals surface area (Å²) in [6, 6.07) is 6.88. The molecule has 2 rings (SSSR count). The Hall–Kier alpha value is -1.73. The number of nitrogens with one attached hydrogen (secondary N) is 1. The van der Waals surface area contributed by atoms with Crippen LogP contribution in [0.2, 0.25) is 0 Å². The Balaban J connectivity index is 2.07. The minimum absolute atomic E-state index is 0.0446. The molecule has 2 aromatic heterocycles. The Morgan fingerprint density at radius 2 is 1.94 bits per heavy atom. The molecule has 0 aliphatic heterocycles. The Kier molecular flexibility index (Phi) is 3.44. The summed E-state index contributed by atoms with van der Waals surface area (Å²) in [5.74, 6) is 0.559. The zero-order valence-corrected chi connectivity index (χ0v) is 11.0. The molecule has 0 saturated carbocycles.